The van der Waals surface area contributed by atoms with Gasteiger partial charge in [-0.3, -0.25) is 5.32 Å². The van der Waals surface area contributed by atoms with Crippen molar-refractivity contribution >= 4 is 22.5 Å². The molecule has 0 saturated heterocycles. The average Bonchev–Trinajstić information content (AvgIpc) is 2.88. The molecule has 2 aromatic rings. The zero-order valence-corrected chi connectivity index (χ0v) is 15.0. The summed E-state index contributed by atoms with van der Waals surface area (Å²) in [6, 6.07) is 3.81. The first-order valence-corrected chi connectivity index (χ1v) is 8.33. The molecule has 0 bridgehead atoms. The Morgan fingerprint density at radius 1 is 1.20 bits per heavy atom. The Hall–Kier alpha value is -2.16. The number of hydrogen-bond acceptors (Lipinski definition) is 4. The van der Waals surface area contributed by atoms with Crippen LogP contribution in [0, 0.1) is 12.3 Å². The first kappa shape index (κ1) is 19.2. The molecule has 0 unspecified atom stereocenters. The van der Waals surface area contributed by atoms with Crippen LogP contribution in [0.25, 0.3) is 0 Å². The van der Waals surface area contributed by atoms with Gasteiger partial charge in [-0.05, 0) is 30.0 Å². The average molecular weight is 372 g/mol. The molecule has 2 amide bonds. The molecule has 2 rings (SSSR count). The zero-order chi connectivity index (χ0) is 18.8. The van der Waals surface area contributed by atoms with E-state index >= 15 is 0 Å². The van der Waals surface area contributed by atoms with E-state index in [1.54, 1.807) is 13.0 Å². The van der Waals surface area contributed by atoms with Crippen molar-refractivity contribution in [1.82, 2.24) is 15.5 Å². The van der Waals surface area contributed by atoms with Crippen molar-refractivity contribution in [2.45, 2.75) is 39.9 Å². The number of aromatic nitrogens is 2. The maximum absolute atomic E-state index is 13.0. The minimum atomic E-state index is -4.44. The number of nitrogens with zero attached hydrogens (tertiary/aromatic N) is 2. The van der Waals surface area contributed by atoms with E-state index in [0.717, 1.165) is 12.1 Å². The van der Waals surface area contributed by atoms with E-state index in [4.69, 9.17) is 0 Å². The second-order valence-electron chi connectivity index (χ2n) is 6.65. The van der Waals surface area contributed by atoms with Gasteiger partial charge >= 0.3 is 12.2 Å². The van der Waals surface area contributed by atoms with Gasteiger partial charge in [0.15, 0.2) is 0 Å². The van der Waals surface area contributed by atoms with E-state index in [0.29, 0.717) is 15.7 Å². The van der Waals surface area contributed by atoms with Crippen molar-refractivity contribution in [3.8, 4) is 0 Å². The van der Waals surface area contributed by atoms with Gasteiger partial charge in [-0.2, -0.15) is 13.2 Å². The van der Waals surface area contributed by atoms with Gasteiger partial charge in [0, 0.05) is 0 Å². The first-order valence-electron chi connectivity index (χ1n) is 7.51. The zero-order valence-electron chi connectivity index (χ0n) is 14.2. The molecule has 0 aliphatic carbocycles. The molecule has 0 spiro atoms. The third-order valence-corrected chi connectivity index (χ3v) is 4.19. The molecule has 1 aromatic carbocycles. The normalized spacial score (nSPS) is 13.4. The van der Waals surface area contributed by atoms with Crippen LogP contribution >= 0.6 is 11.3 Å². The molecule has 1 heterocycles. The maximum atomic E-state index is 13.0. The predicted octanol–water partition coefficient (Wildman–Crippen LogP) is 4.77. The van der Waals surface area contributed by atoms with Crippen molar-refractivity contribution in [3.05, 3.63) is 40.4 Å². The molecule has 1 aromatic heterocycles. The number of urea groups is 1. The van der Waals surface area contributed by atoms with Crippen LogP contribution in [0.15, 0.2) is 24.3 Å². The van der Waals surface area contributed by atoms with Gasteiger partial charge in [0.1, 0.15) is 5.01 Å². The molecule has 0 radical (unpaired) electrons. The lowest BCUT2D eigenvalue weighted by atomic mass is 9.82. The van der Waals surface area contributed by atoms with Crippen molar-refractivity contribution in [2.24, 2.45) is 5.41 Å². The Morgan fingerprint density at radius 2 is 1.88 bits per heavy atom. The molecule has 0 aliphatic heterocycles. The molecule has 0 fully saturated rings. The Kier molecular flexibility index (Phi) is 5.36. The maximum Gasteiger partial charge on any atom is 0.416 e. The molecule has 25 heavy (non-hydrogen) atoms. The summed E-state index contributed by atoms with van der Waals surface area (Å²) in [4.78, 5) is 12.2. The van der Waals surface area contributed by atoms with Crippen molar-refractivity contribution in [3.63, 3.8) is 0 Å². The lowest BCUT2D eigenvalue weighted by Gasteiger charge is -2.32. The van der Waals surface area contributed by atoms with E-state index in [9.17, 15) is 18.0 Å². The summed E-state index contributed by atoms with van der Waals surface area (Å²) in [6.07, 6.45) is -4.44. The van der Waals surface area contributed by atoms with Crippen LogP contribution in [0.5, 0.6) is 0 Å². The second-order valence-corrected chi connectivity index (χ2v) is 7.83. The first-order chi connectivity index (χ1) is 11.5. The molecule has 5 nitrogen and oxygen atoms in total. The van der Waals surface area contributed by atoms with E-state index in [-0.39, 0.29) is 0 Å². The van der Waals surface area contributed by atoms with Crippen LogP contribution in [0.1, 0.15) is 42.9 Å². The lowest BCUT2D eigenvalue weighted by Crippen LogP contribution is -2.39. The molecule has 2 N–H and O–H groups in total. The summed E-state index contributed by atoms with van der Waals surface area (Å²) in [5, 5.41) is 13.9. The van der Waals surface area contributed by atoms with Crippen LogP contribution < -0.4 is 10.6 Å². The number of benzene rings is 1. The quantitative estimate of drug-likeness (QED) is 0.815. The van der Waals surface area contributed by atoms with Crippen molar-refractivity contribution in [1.29, 1.82) is 0 Å². The van der Waals surface area contributed by atoms with E-state index < -0.39 is 29.2 Å². The number of carbonyl (C=O) groups is 1. The number of alkyl halides is 3. The fourth-order valence-corrected chi connectivity index (χ4v) is 2.89. The molecule has 0 saturated carbocycles. The van der Waals surface area contributed by atoms with Gasteiger partial charge < -0.3 is 5.32 Å². The van der Waals surface area contributed by atoms with E-state index in [1.807, 2.05) is 20.8 Å². The van der Waals surface area contributed by atoms with Crippen LogP contribution in [-0.2, 0) is 6.18 Å². The fourth-order valence-electron chi connectivity index (χ4n) is 2.31. The number of aryl methyl sites for hydroxylation is 1. The summed E-state index contributed by atoms with van der Waals surface area (Å²) >= 11 is 1.21. The summed E-state index contributed by atoms with van der Waals surface area (Å²) in [5.41, 5.74) is -0.870. The largest absolute Gasteiger partial charge is 0.416 e. The van der Waals surface area contributed by atoms with Gasteiger partial charge in [-0.15, -0.1) is 10.2 Å². The smallest absolute Gasteiger partial charge is 0.330 e. The van der Waals surface area contributed by atoms with Crippen LogP contribution in [0.4, 0.5) is 23.1 Å². The Morgan fingerprint density at radius 3 is 2.40 bits per heavy atom. The van der Waals surface area contributed by atoms with Gasteiger partial charge in [0.2, 0.25) is 5.13 Å². The minimum Gasteiger partial charge on any atom is -0.330 e. The highest BCUT2D eigenvalue weighted by Gasteiger charge is 2.33. The van der Waals surface area contributed by atoms with Crippen molar-refractivity contribution < 1.29 is 18.0 Å². The van der Waals surface area contributed by atoms with Gasteiger partial charge in [-0.1, -0.05) is 44.2 Å². The van der Waals surface area contributed by atoms with Crippen LogP contribution in [0.3, 0.4) is 0 Å². The summed E-state index contributed by atoms with van der Waals surface area (Å²) < 4.78 is 38.9. The number of carbonyl (C=O) groups excluding carboxylic acids is 1. The third kappa shape index (κ3) is 5.15. The van der Waals surface area contributed by atoms with Gasteiger partial charge in [0.05, 0.1) is 11.6 Å². The molecular formula is C16H19F3N4OS. The lowest BCUT2D eigenvalue weighted by molar-refractivity contribution is -0.137. The topological polar surface area (TPSA) is 66.9 Å². The standard InChI is InChI=1S/C16H19F3N4OS/c1-9-22-23-14(25-9)21-13(24)20-12(15(2,3)4)10-6-5-7-11(8-10)16(17,18)19/h5-8,12H,1-4H3,(H2,20,21,23,24)/t12-/m0/s1. The summed E-state index contributed by atoms with van der Waals surface area (Å²) in [6.45, 7) is 7.27. The molecule has 136 valence electrons. The highest BCUT2D eigenvalue weighted by molar-refractivity contribution is 7.15. The number of rotatable bonds is 3. The van der Waals surface area contributed by atoms with Crippen LogP contribution in [0.2, 0.25) is 0 Å². The molecule has 0 aliphatic rings. The van der Waals surface area contributed by atoms with Crippen LogP contribution in [-0.4, -0.2) is 16.2 Å². The van der Waals surface area contributed by atoms with Crippen molar-refractivity contribution in [2.75, 3.05) is 5.32 Å². The SMILES string of the molecule is Cc1nnc(NC(=O)N[C@@H](c2cccc(C(F)(F)F)c2)C(C)(C)C)s1. The number of hydrogen-bond donors (Lipinski definition) is 2. The number of nitrogens with one attached hydrogen (secondary N) is 2. The number of anilines is 1. The molecular weight excluding hydrogens is 353 g/mol. The number of amides is 2. The number of halogens is 3. The molecule has 1 atom stereocenters. The monoisotopic (exact) mass is 372 g/mol. The summed E-state index contributed by atoms with van der Waals surface area (Å²) in [5.74, 6) is 0. The van der Waals surface area contributed by atoms with Gasteiger partial charge in [0.25, 0.3) is 0 Å². The fraction of sp³-hybridized carbons (Fsp3) is 0.438. The Labute approximate surface area is 147 Å². The second kappa shape index (κ2) is 6.99. The third-order valence-electron chi connectivity index (χ3n) is 3.44. The highest BCUT2D eigenvalue weighted by Crippen LogP contribution is 2.36. The molecule has 9 heteroatoms. The van der Waals surface area contributed by atoms with E-state index in [2.05, 4.69) is 20.8 Å². The highest BCUT2D eigenvalue weighted by atomic mass is 32.1. The Bertz CT molecular complexity index is 752. The summed E-state index contributed by atoms with van der Waals surface area (Å²) in [7, 11) is 0. The van der Waals surface area contributed by atoms with E-state index in [1.165, 1.54) is 17.4 Å². The van der Waals surface area contributed by atoms with Gasteiger partial charge in [-0.25, -0.2) is 4.79 Å². The predicted molar refractivity (Wildman–Crippen MR) is 90.4 cm³/mol. The minimum absolute atomic E-state index is 0.326. The Balaban J connectivity index is 2.24.